The van der Waals surface area contributed by atoms with Crippen molar-refractivity contribution in [3.05, 3.63) is 53.1 Å². The maximum absolute atomic E-state index is 12.5. The van der Waals surface area contributed by atoms with Gasteiger partial charge in [0.05, 0.1) is 10.7 Å². The van der Waals surface area contributed by atoms with Gasteiger partial charge in [0.25, 0.3) is 0 Å². The number of aromatic nitrogens is 3. The summed E-state index contributed by atoms with van der Waals surface area (Å²) < 4.78 is 0. The number of nitrogens with zero attached hydrogens (tertiary/aromatic N) is 2. The summed E-state index contributed by atoms with van der Waals surface area (Å²) in [5, 5.41) is 1.14. The number of hydrogen-bond donors (Lipinski definition) is 2. The molecule has 3 rings (SSSR count). The number of anilines is 1. The van der Waals surface area contributed by atoms with Crippen LogP contribution >= 0.6 is 11.6 Å². The molecule has 102 valence electrons. The molecule has 0 amide bonds. The van der Waals surface area contributed by atoms with Gasteiger partial charge >= 0.3 is 0 Å². The summed E-state index contributed by atoms with van der Waals surface area (Å²) in [7, 11) is 0. The van der Waals surface area contributed by atoms with Gasteiger partial charge in [-0.05, 0) is 18.2 Å². The number of rotatable bonds is 2. The zero-order valence-electron chi connectivity index (χ0n) is 9.72. The molecule has 20 heavy (non-hydrogen) atoms. The van der Waals surface area contributed by atoms with E-state index >= 15 is 0 Å². The topological polar surface area (TPSA) is 84.7 Å². The van der Waals surface area contributed by atoms with E-state index in [9.17, 15) is 4.79 Å². The van der Waals surface area contributed by atoms with Crippen LogP contribution in [-0.4, -0.2) is 20.7 Å². The predicted octanol–water partition coefficient (Wildman–Crippen LogP) is 3.06. The molecule has 3 heterocycles. The number of nitrogens with one attached hydrogen (secondary N) is 1. The minimum atomic E-state index is -0.249. The fourth-order valence-corrected chi connectivity index (χ4v) is 2.10. The highest BCUT2D eigenvalue weighted by atomic mass is 35.5. The van der Waals surface area contributed by atoms with E-state index in [1.807, 2.05) is 0 Å². The third-order valence-electron chi connectivity index (χ3n) is 2.80. The van der Waals surface area contributed by atoms with E-state index in [-0.39, 0.29) is 24.6 Å². The van der Waals surface area contributed by atoms with Crippen molar-refractivity contribution in [2.45, 2.75) is 7.43 Å². The number of carbonyl (C=O) groups is 1. The number of carbonyl (C=O) groups excluding carboxylic acids is 1. The molecule has 0 atom stereocenters. The molecule has 0 aliphatic carbocycles. The van der Waals surface area contributed by atoms with Crippen molar-refractivity contribution in [1.82, 2.24) is 15.0 Å². The maximum atomic E-state index is 12.5. The number of aromatic amines is 1. The molecule has 0 saturated heterocycles. The molecule has 3 aromatic rings. The minimum Gasteiger partial charge on any atom is -0.397 e. The van der Waals surface area contributed by atoms with Crippen LogP contribution in [0.25, 0.3) is 11.0 Å². The van der Waals surface area contributed by atoms with Crippen molar-refractivity contribution in [2.24, 2.45) is 0 Å². The average molecular weight is 289 g/mol. The van der Waals surface area contributed by atoms with Crippen LogP contribution < -0.4 is 5.73 Å². The first-order chi connectivity index (χ1) is 9.16. The van der Waals surface area contributed by atoms with Gasteiger partial charge in [0.1, 0.15) is 11.3 Å². The second-order valence-corrected chi connectivity index (χ2v) is 4.46. The number of halogens is 1. The van der Waals surface area contributed by atoms with Crippen molar-refractivity contribution in [3.8, 4) is 0 Å². The summed E-state index contributed by atoms with van der Waals surface area (Å²) in [4.78, 5) is 23.6. The van der Waals surface area contributed by atoms with E-state index in [0.29, 0.717) is 16.2 Å². The number of pyridine rings is 2. The highest BCUT2D eigenvalue weighted by Crippen LogP contribution is 2.22. The third kappa shape index (κ3) is 2.23. The van der Waals surface area contributed by atoms with Gasteiger partial charge in [-0.2, -0.15) is 0 Å². The van der Waals surface area contributed by atoms with E-state index in [4.69, 9.17) is 17.3 Å². The summed E-state index contributed by atoms with van der Waals surface area (Å²) in [5.41, 5.74) is 7.40. The van der Waals surface area contributed by atoms with Crippen LogP contribution in [0.4, 0.5) is 5.69 Å². The van der Waals surface area contributed by atoms with Crippen LogP contribution in [0.5, 0.6) is 0 Å². The average Bonchev–Trinajstić information content (AvgIpc) is 2.86. The normalized spacial score (nSPS) is 10.2. The molecule has 0 aromatic carbocycles. The van der Waals surface area contributed by atoms with Gasteiger partial charge in [-0.3, -0.25) is 4.79 Å². The quantitative estimate of drug-likeness (QED) is 0.710. The Labute approximate surface area is 120 Å². The third-order valence-corrected chi connectivity index (χ3v) is 3.01. The number of hydrogen-bond acceptors (Lipinski definition) is 4. The van der Waals surface area contributed by atoms with Gasteiger partial charge in [0, 0.05) is 29.5 Å². The predicted molar refractivity (Wildman–Crippen MR) is 79.9 cm³/mol. The molecule has 6 heteroatoms. The van der Waals surface area contributed by atoms with Gasteiger partial charge in [0.2, 0.25) is 5.78 Å². The zero-order valence-corrected chi connectivity index (χ0v) is 10.5. The Morgan fingerprint density at radius 3 is 2.85 bits per heavy atom. The number of fused-ring (bicyclic) bond motifs is 1. The Kier molecular flexibility index (Phi) is 3.72. The molecule has 0 unspecified atom stereocenters. The molecular weight excluding hydrogens is 276 g/mol. The summed E-state index contributed by atoms with van der Waals surface area (Å²) in [6, 6.07) is 4.95. The molecule has 3 N–H and O–H groups in total. The lowest BCUT2D eigenvalue weighted by Crippen LogP contribution is -2.08. The first-order valence-corrected chi connectivity index (χ1v) is 5.92. The summed E-state index contributed by atoms with van der Waals surface area (Å²) in [6.07, 6.45) is 4.70. The Morgan fingerprint density at radius 1 is 1.30 bits per heavy atom. The summed E-state index contributed by atoms with van der Waals surface area (Å²) >= 11 is 5.78. The van der Waals surface area contributed by atoms with Crippen molar-refractivity contribution in [3.63, 3.8) is 0 Å². The smallest absolute Gasteiger partial charge is 0.214 e. The van der Waals surface area contributed by atoms with Gasteiger partial charge in [-0.1, -0.05) is 19.0 Å². The van der Waals surface area contributed by atoms with Crippen LogP contribution in [0.2, 0.25) is 5.02 Å². The van der Waals surface area contributed by atoms with Crippen LogP contribution in [0.3, 0.4) is 0 Å². The Morgan fingerprint density at radius 2 is 2.10 bits per heavy atom. The fourth-order valence-electron chi connectivity index (χ4n) is 1.93. The lowest BCUT2D eigenvalue weighted by Gasteiger charge is -2.05. The summed E-state index contributed by atoms with van der Waals surface area (Å²) in [5.74, 6) is -0.249. The molecule has 0 spiro atoms. The summed E-state index contributed by atoms with van der Waals surface area (Å²) in [6.45, 7) is 0. The monoisotopic (exact) mass is 288 g/mol. The second kappa shape index (κ2) is 5.30. The molecule has 0 aliphatic heterocycles. The van der Waals surface area contributed by atoms with Gasteiger partial charge < -0.3 is 10.7 Å². The van der Waals surface area contributed by atoms with Crippen LogP contribution in [0, 0.1) is 0 Å². The highest BCUT2D eigenvalue weighted by Gasteiger charge is 2.17. The Hall–Kier alpha value is -2.40. The van der Waals surface area contributed by atoms with Gasteiger partial charge in [0.15, 0.2) is 0 Å². The number of ketones is 1. The SMILES string of the molecule is C.Nc1cc(Cl)cnc1C(=O)c1ccnc2[nH]ccc12. The maximum Gasteiger partial charge on any atom is 0.214 e. The molecule has 0 saturated carbocycles. The minimum absolute atomic E-state index is 0. The van der Waals surface area contributed by atoms with Crippen LogP contribution in [-0.2, 0) is 0 Å². The first-order valence-electron chi connectivity index (χ1n) is 5.54. The first kappa shape index (κ1) is 14.0. The van der Waals surface area contributed by atoms with E-state index < -0.39 is 0 Å². The van der Waals surface area contributed by atoms with E-state index in [1.54, 1.807) is 24.5 Å². The lowest BCUT2D eigenvalue weighted by molar-refractivity contribution is 0.103. The zero-order chi connectivity index (χ0) is 13.4. The largest absolute Gasteiger partial charge is 0.397 e. The van der Waals surface area contributed by atoms with Gasteiger partial charge in [-0.15, -0.1) is 0 Å². The standard InChI is InChI=1S/C13H9ClN4O.CH4/c14-7-5-10(15)11(18-6-7)12(19)8-1-3-16-13-9(8)2-4-17-13;/h1-6H,15H2,(H,16,17);1H4. The lowest BCUT2D eigenvalue weighted by atomic mass is 10.0. The van der Waals surface area contributed by atoms with Crippen molar-refractivity contribution < 1.29 is 4.79 Å². The number of nitrogens with two attached hydrogens (primary N) is 1. The molecule has 0 bridgehead atoms. The fraction of sp³-hybridized carbons (Fsp3) is 0.0714. The molecule has 0 aliphatic rings. The van der Waals surface area contributed by atoms with E-state index in [1.165, 1.54) is 12.3 Å². The number of nitrogen functional groups attached to an aromatic ring is 1. The molecule has 5 nitrogen and oxygen atoms in total. The molecule has 3 aromatic heterocycles. The molecule has 0 fully saturated rings. The number of H-pyrrole nitrogens is 1. The van der Waals surface area contributed by atoms with Crippen LogP contribution in [0.1, 0.15) is 23.5 Å². The van der Waals surface area contributed by atoms with Gasteiger partial charge in [-0.25, -0.2) is 9.97 Å². The van der Waals surface area contributed by atoms with E-state index in [0.717, 1.165) is 5.39 Å². The highest BCUT2D eigenvalue weighted by molar-refractivity contribution is 6.31. The molecular formula is C14H13ClN4O. The Balaban J connectivity index is 0.00000147. The van der Waals surface area contributed by atoms with Crippen molar-refractivity contribution in [1.29, 1.82) is 0 Å². The Bertz CT molecular complexity index is 782. The van der Waals surface area contributed by atoms with Crippen molar-refractivity contribution >= 4 is 34.1 Å². The molecule has 0 radical (unpaired) electrons. The van der Waals surface area contributed by atoms with E-state index in [2.05, 4.69) is 15.0 Å². The van der Waals surface area contributed by atoms with Crippen molar-refractivity contribution in [2.75, 3.05) is 5.73 Å². The van der Waals surface area contributed by atoms with Crippen LogP contribution in [0.15, 0.2) is 36.8 Å². The second-order valence-electron chi connectivity index (χ2n) is 4.02.